The molecule has 0 radical (unpaired) electrons. The number of ketones is 1. The van der Waals surface area contributed by atoms with E-state index in [1.165, 1.54) is 38.7 Å². The molecule has 0 amide bonds. The van der Waals surface area contributed by atoms with Crippen LogP contribution in [0.25, 0.3) is 0 Å². The zero-order valence-corrected chi connectivity index (χ0v) is 14.0. The number of carbonyl (C=O) groups is 1. The minimum atomic E-state index is -0.219. The number of Topliss-reactive ketones (excluding diaryl/α,β-unsaturated/α-hetero) is 1. The fourth-order valence-corrected chi connectivity index (χ4v) is 2.36. The van der Waals surface area contributed by atoms with Gasteiger partial charge < -0.3 is 14.6 Å². The van der Waals surface area contributed by atoms with E-state index in [1.807, 2.05) is 6.92 Å². The number of unbranched alkanes of at least 4 members (excludes halogenated alkanes) is 5. The predicted molar refractivity (Wildman–Crippen MR) is 88.2 cm³/mol. The van der Waals surface area contributed by atoms with Gasteiger partial charge in [0.05, 0.1) is 13.2 Å². The van der Waals surface area contributed by atoms with Gasteiger partial charge in [0.2, 0.25) is 0 Å². The highest BCUT2D eigenvalue weighted by molar-refractivity contribution is 5.99. The molecule has 0 bridgehead atoms. The number of benzene rings is 1. The van der Waals surface area contributed by atoms with E-state index in [4.69, 9.17) is 9.47 Å². The lowest BCUT2D eigenvalue weighted by Gasteiger charge is -2.13. The summed E-state index contributed by atoms with van der Waals surface area (Å²) in [4.78, 5) is 11.6. The van der Waals surface area contributed by atoms with Gasteiger partial charge >= 0.3 is 0 Å². The Bertz CT molecular complexity index is 468. The van der Waals surface area contributed by atoms with Crippen LogP contribution in [0.5, 0.6) is 17.2 Å². The van der Waals surface area contributed by atoms with Gasteiger partial charge in [0.15, 0.2) is 5.78 Å². The quantitative estimate of drug-likeness (QED) is 0.474. The third-order valence-corrected chi connectivity index (χ3v) is 3.47. The lowest BCUT2D eigenvalue weighted by molar-refractivity contribution is 0.101. The molecule has 1 N–H and O–H groups in total. The average Bonchev–Trinajstić information content (AvgIpc) is 2.46. The van der Waals surface area contributed by atoms with Crippen molar-refractivity contribution in [3.05, 3.63) is 17.7 Å². The zero-order valence-electron chi connectivity index (χ0n) is 14.0. The molecular formula is C18H28O4. The fourth-order valence-electron chi connectivity index (χ4n) is 2.36. The van der Waals surface area contributed by atoms with E-state index in [0.717, 1.165) is 12.8 Å². The maximum Gasteiger partial charge on any atom is 0.167 e. The fraction of sp³-hybridized carbons (Fsp3) is 0.611. The minimum Gasteiger partial charge on any atom is -0.507 e. The summed E-state index contributed by atoms with van der Waals surface area (Å²) in [6.45, 7) is 6.49. The first-order valence-corrected chi connectivity index (χ1v) is 8.23. The second-order valence-electron chi connectivity index (χ2n) is 5.42. The molecule has 1 aromatic carbocycles. The number of hydrogen-bond donors (Lipinski definition) is 1. The van der Waals surface area contributed by atoms with Gasteiger partial charge in [-0.15, -0.1) is 0 Å². The molecule has 0 aromatic heterocycles. The summed E-state index contributed by atoms with van der Waals surface area (Å²) in [5, 5.41) is 9.99. The van der Waals surface area contributed by atoms with Gasteiger partial charge in [-0.2, -0.15) is 0 Å². The molecule has 0 spiro atoms. The van der Waals surface area contributed by atoms with E-state index < -0.39 is 0 Å². The smallest absolute Gasteiger partial charge is 0.167 e. The maximum absolute atomic E-state index is 11.6. The number of ether oxygens (including phenoxy) is 2. The molecule has 0 aliphatic rings. The summed E-state index contributed by atoms with van der Waals surface area (Å²) in [5.41, 5.74) is 0.216. The van der Waals surface area contributed by atoms with Gasteiger partial charge in [0, 0.05) is 12.1 Å². The normalized spacial score (nSPS) is 10.5. The van der Waals surface area contributed by atoms with Crippen LogP contribution in [-0.4, -0.2) is 24.1 Å². The van der Waals surface area contributed by atoms with Crippen molar-refractivity contribution in [1.82, 2.24) is 0 Å². The second-order valence-corrected chi connectivity index (χ2v) is 5.42. The summed E-state index contributed by atoms with van der Waals surface area (Å²) in [6.07, 6.45) is 7.19. The minimum absolute atomic E-state index is 0.0867. The lowest BCUT2D eigenvalue weighted by atomic mass is 10.1. The number of phenols is 1. The van der Waals surface area contributed by atoms with Crippen LogP contribution in [0.1, 0.15) is 69.7 Å². The Hall–Kier alpha value is -1.71. The van der Waals surface area contributed by atoms with Gasteiger partial charge in [0.25, 0.3) is 0 Å². The number of aromatic hydroxyl groups is 1. The summed E-state index contributed by atoms with van der Waals surface area (Å²) in [6, 6.07) is 3.16. The van der Waals surface area contributed by atoms with Gasteiger partial charge in [-0.25, -0.2) is 0 Å². The molecule has 0 saturated carbocycles. The molecule has 0 aliphatic heterocycles. The number of phenolic OH excluding ortho intramolecular Hbond substituents is 1. The first-order chi connectivity index (χ1) is 10.6. The molecule has 0 aliphatic carbocycles. The Balaban J connectivity index is 2.55. The van der Waals surface area contributed by atoms with Gasteiger partial charge in [0.1, 0.15) is 22.8 Å². The average molecular weight is 308 g/mol. The van der Waals surface area contributed by atoms with Crippen LogP contribution < -0.4 is 9.47 Å². The zero-order chi connectivity index (χ0) is 16.4. The monoisotopic (exact) mass is 308 g/mol. The Labute approximate surface area is 133 Å². The first kappa shape index (κ1) is 18.3. The van der Waals surface area contributed by atoms with Crippen LogP contribution in [0.15, 0.2) is 12.1 Å². The van der Waals surface area contributed by atoms with Crippen LogP contribution in [0, 0.1) is 0 Å². The Morgan fingerprint density at radius 2 is 1.73 bits per heavy atom. The van der Waals surface area contributed by atoms with Crippen molar-refractivity contribution < 1.29 is 19.4 Å². The summed E-state index contributed by atoms with van der Waals surface area (Å²) in [7, 11) is 0. The van der Waals surface area contributed by atoms with Crippen LogP contribution in [0.4, 0.5) is 0 Å². The van der Waals surface area contributed by atoms with Crippen LogP contribution in [0.3, 0.4) is 0 Å². The van der Waals surface area contributed by atoms with Gasteiger partial charge in [-0.3, -0.25) is 4.79 Å². The molecule has 4 heteroatoms. The highest BCUT2D eigenvalue weighted by atomic mass is 16.5. The van der Waals surface area contributed by atoms with Gasteiger partial charge in [-0.05, 0) is 20.3 Å². The van der Waals surface area contributed by atoms with E-state index in [-0.39, 0.29) is 17.1 Å². The number of hydrogen-bond acceptors (Lipinski definition) is 4. The molecule has 4 nitrogen and oxygen atoms in total. The summed E-state index contributed by atoms with van der Waals surface area (Å²) >= 11 is 0. The second kappa shape index (κ2) is 10.1. The molecular weight excluding hydrogens is 280 g/mol. The van der Waals surface area contributed by atoms with E-state index in [2.05, 4.69) is 6.92 Å². The van der Waals surface area contributed by atoms with Gasteiger partial charge in [-0.1, -0.05) is 39.0 Å². The van der Waals surface area contributed by atoms with Crippen LogP contribution in [0.2, 0.25) is 0 Å². The first-order valence-electron chi connectivity index (χ1n) is 8.23. The SMILES string of the molecule is CCCCCCCCOc1cc(O)c(C(C)=O)c(OCC)c1. The van der Waals surface area contributed by atoms with Crippen molar-refractivity contribution in [2.45, 2.75) is 59.3 Å². The number of carbonyl (C=O) groups excluding carboxylic acids is 1. The van der Waals surface area contributed by atoms with Crippen molar-refractivity contribution in [2.24, 2.45) is 0 Å². The standard InChI is InChI=1S/C18H28O4/c1-4-6-7-8-9-10-11-22-15-12-16(20)18(14(3)19)17(13-15)21-5-2/h12-13,20H,4-11H2,1-3H3. The largest absolute Gasteiger partial charge is 0.507 e. The van der Waals surface area contributed by atoms with Crippen molar-refractivity contribution in [3.8, 4) is 17.2 Å². The van der Waals surface area contributed by atoms with Crippen molar-refractivity contribution >= 4 is 5.78 Å². The van der Waals surface area contributed by atoms with Crippen molar-refractivity contribution in [1.29, 1.82) is 0 Å². The third kappa shape index (κ3) is 5.96. The Morgan fingerprint density at radius 1 is 1.05 bits per heavy atom. The van der Waals surface area contributed by atoms with Crippen LogP contribution in [-0.2, 0) is 0 Å². The highest BCUT2D eigenvalue weighted by Crippen LogP contribution is 2.34. The van der Waals surface area contributed by atoms with Crippen LogP contribution >= 0.6 is 0 Å². The number of rotatable bonds is 11. The van der Waals surface area contributed by atoms with Crippen molar-refractivity contribution in [3.63, 3.8) is 0 Å². The molecule has 0 fully saturated rings. The van der Waals surface area contributed by atoms with E-state index in [1.54, 1.807) is 6.07 Å². The topological polar surface area (TPSA) is 55.8 Å². The maximum atomic E-state index is 11.6. The molecule has 0 atom stereocenters. The van der Waals surface area contributed by atoms with Crippen molar-refractivity contribution in [2.75, 3.05) is 13.2 Å². The third-order valence-electron chi connectivity index (χ3n) is 3.47. The molecule has 22 heavy (non-hydrogen) atoms. The summed E-state index contributed by atoms with van der Waals surface area (Å²) < 4.78 is 11.1. The molecule has 0 unspecified atom stereocenters. The molecule has 124 valence electrons. The molecule has 0 heterocycles. The molecule has 1 rings (SSSR count). The molecule has 0 saturated heterocycles. The van der Waals surface area contributed by atoms with E-state index in [0.29, 0.717) is 24.7 Å². The summed E-state index contributed by atoms with van der Waals surface area (Å²) in [5.74, 6) is 0.618. The highest BCUT2D eigenvalue weighted by Gasteiger charge is 2.16. The Morgan fingerprint density at radius 3 is 2.36 bits per heavy atom. The Kier molecular flexibility index (Phi) is 8.41. The van der Waals surface area contributed by atoms with E-state index >= 15 is 0 Å². The van der Waals surface area contributed by atoms with E-state index in [9.17, 15) is 9.90 Å². The predicted octanol–water partition coefficient (Wildman–Crippen LogP) is 4.73. The lowest BCUT2D eigenvalue weighted by Crippen LogP contribution is -2.03. The molecule has 1 aromatic rings.